The van der Waals surface area contributed by atoms with E-state index in [1.807, 2.05) is 0 Å². The SMILES string of the molecule is CCCCCCCCCC/C=C\CCCCCCCCCCCCCCCC(=O)OC(COCCCCCCCCCCCCCCCCC)COC1OC(CO)C(O)C(OS(=O)(=O)O)C1O. The van der Waals surface area contributed by atoms with Crippen LogP contribution in [-0.4, -0.2) is 97.5 Å². The van der Waals surface area contributed by atoms with E-state index in [4.69, 9.17) is 18.9 Å². The van der Waals surface area contributed by atoms with Crippen molar-refractivity contribution in [3.05, 3.63) is 12.2 Å². The molecule has 0 amide bonds. The molecule has 12 nitrogen and oxygen atoms in total. The van der Waals surface area contributed by atoms with E-state index in [1.54, 1.807) is 0 Å². The highest BCUT2D eigenvalue weighted by molar-refractivity contribution is 7.80. The number of ether oxygens (including phenoxy) is 4. The standard InChI is InChI=1S/C54H104O12S/c1-3-5-7-9-11-13-15-17-19-20-21-22-23-24-25-26-27-28-29-31-33-35-37-39-41-43-50(56)64-48(47-63-54-52(58)53(66-67(59,60)61)51(57)49(45-55)65-54)46-62-44-42-40-38-36-34-32-30-18-16-14-12-10-8-6-4-2/h20-21,48-49,51-55,57-58H,3-19,22-47H2,1-2H3,(H,59,60,61)/b21-20-. The van der Waals surface area contributed by atoms with Gasteiger partial charge in [0.25, 0.3) is 0 Å². The third-order valence-corrected chi connectivity index (χ3v) is 13.6. The lowest BCUT2D eigenvalue weighted by Crippen LogP contribution is -2.60. The smallest absolute Gasteiger partial charge is 0.397 e. The topological polar surface area (TPSA) is 178 Å². The molecule has 0 aromatic carbocycles. The highest BCUT2D eigenvalue weighted by Gasteiger charge is 2.48. The van der Waals surface area contributed by atoms with Gasteiger partial charge in [-0.25, -0.2) is 4.18 Å². The number of esters is 1. The number of hydrogen-bond acceptors (Lipinski definition) is 11. The Morgan fingerprint density at radius 1 is 0.552 bits per heavy atom. The third-order valence-electron chi connectivity index (χ3n) is 13.1. The number of carbonyl (C=O) groups excluding carboxylic acids is 1. The lowest BCUT2D eigenvalue weighted by Gasteiger charge is -2.41. The molecule has 1 aliphatic heterocycles. The fourth-order valence-corrected chi connectivity index (χ4v) is 9.41. The first-order valence-corrected chi connectivity index (χ1v) is 29.3. The summed E-state index contributed by atoms with van der Waals surface area (Å²) in [6, 6.07) is 0. The van der Waals surface area contributed by atoms with Crippen LogP contribution >= 0.6 is 0 Å². The van der Waals surface area contributed by atoms with E-state index in [2.05, 4.69) is 30.2 Å². The van der Waals surface area contributed by atoms with Gasteiger partial charge >= 0.3 is 16.4 Å². The third kappa shape index (κ3) is 39.2. The Balaban J connectivity index is 2.27. The van der Waals surface area contributed by atoms with Crippen molar-refractivity contribution in [2.45, 2.75) is 301 Å². The minimum atomic E-state index is -5.06. The molecule has 0 spiro atoms. The van der Waals surface area contributed by atoms with E-state index in [1.165, 1.54) is 199 Å². The van der Waals surface area contributed by atoms with Crippen molar-refractivity contribution in [3.8, 4) is 0 Å². The Morgan fingerprint density at radius 3 is 1.34 bits per heavy atom. The minimum Gasteiger partial charge on any atom is -0.457 e. The van der Waals surface area contributed by atoms with E-state index in [9.17, 15) is 33.1 Å². The van der Waals surface area contributed by atoms with Crippen LogP contribution in [0.3, 0.4) is 0 Å². The molecule has 1 heterocycles. The van der Waals surface area contributed by atoms with Crippen LogP contribution in [0.2, 0.25) is 0 Å². The molecule has 1 saturated heterocycles. The molecule has 1 fully saturated rings. The molecule has 0 aromatic rings. The van der Waals surface area contributed by atoms with Gasteiger partial charge in [-0.1, -0.05) is 231 Å². The maximum atomic E-state index is 12.9. The second-order valence-electron chi connectivity index (χ2n) is 19.5. The maximum Gasteiger partial charge on any atom is 0.397 e. The van der Waals surface area contributed by atoms with Gasteiger partial charge in [0.1, 0.15) is 30.5 Å². The number of carbonyl (C=O) groups is 1. The zero-order valence-electron chi connectivity index (χ0n) is 43.0. The molecule has 67 heavy (non-hydrogen) atoms. The van der Waals surface area contributed by atoms with Gasteiger partial charge in [-0.2, -0.15) is 8.42 Å². The van der Waals surface area contributed by atoms with Gasteiger partial charge in [0.15, 0.2) is 6.29 Å². The summed E-state index contributed by atoms with van der Waals surface area (Å²) in [6.45, 7) is 4.05. The summed E-state index contributed by atoms with van der Waals surface area (Å²) < 4.78 is 59.3. The Bertz CT molecular complexity index is 1220. The Labute approximate surface area is 410 Å². The van der Waals surface area contributed by atoms with Crippen LogP contribution in [0, 0.1) is 0 Å². The van der Waals surface area contributed by atoms with Crippen LogP contribution in [0.1, 0.15) is 264 Å². The molecule has 1 rings (SSSR count). The highest BCUT2D eigenvalue weighted by atomic mass is 32.3. The van der Waals surface area contributed by atoms with Gasteiger partial charge in [-0.3, -0.25) is 9.35 Å². The van der Waals surface area contributed by atoms with E-state index in [-0.39, 0.29) is 19.6 Å². The van der Waals surface area contributed by atoms with Crippen molar-refractivity contribution in [2.75, 3.05) is 26.4 Å². The quantitative estimate of drug-likeness (QED) is 0.0197. The van der Waals surface area contributed by atoms with Crippen molar-refractivity contribution in [1.82, 2.24) is 0 Å². The van der Waals surface area contributed by atoms with Crippen molar-refractivity contribution >= 4 is 16.4 Å². The summed E-state index contributed by atoms with van der Waals surface area (Å²) in [4.78, 5) is 12.9. The van der Waals surface area contributed by atoms with E-state index >= 15 is 0 Å². The summed E-state index contributed by atoms with van der Waals surface area (Å²) in [5.41, 5.74) is 0. The predicted octanol–water partition coefficient (Wildman–Crippen LogP) is 13.4. The van der Waals surface area contributed by atoms with Gasteiger partial charge in [-0.05, 0) is 38.5 Å². The fourth-order valence-electron chi connectivity index (χ4n) is 8.91. The summed E-state index contributed by atoms with van der Waals surface area (Å²) in [7, 11) is -5.06. The van der Waals surface area contributed by atoms with Crippen LogP contribution in [0.5, 0.6) is 0 Å². The molecular formula is C54H104O12S. The van der Waals surface area contributed by atoms with Gasteiger partial charge < -0.3 is 34.3 Å². The van der Waals surface area contributed by atoms with Gasteiger partial charge in [0, 0.05) is 13.0 Å². The van der Waals surface area contributed by atoms with Crippen LogP contribution in [-0.2, 0) is 38.3 Å². The lowest BCUT2D eigenvalue weighted by atomic mass is 9.99. The van der Waals surface area contributed by atoms with Gasteiger partial charge in [0.05, 0.1) is 19.8 Å². The number of aliphatic hydroxyl groups excluding tert-OH is 3. The highest BCUT2D eigenvalue weighted by Crippen LogP contribution is 2.26. The second kappa shape index (κ2) is 45.9. The maximum absolute atomic E-state index is 12.9. The van der Waals surface area contributed by atoms with Crippen LogP contribution in [0.25, 0.3) is 0 Å². The van der Waals surface area contributed by atoms with Crippen LogP contribution < -0.4 is 0 Å². The molecule has 398 valence electrons. The van der Waals surface area contributed by atoms with Crippen molar-refractivity contribution in [1.29, 1.82) is 0 Å². The molecule has 13 heteroatoms. The number of rotatable bonds is 50. The number of aliphatic hydroxyl groups is 3. The van der Waals surface area contributed by atoms with E-state index in [0.717, 1.165) is 38.5 Å². The predicted molar refractivity (Wildman–Crippen MR) is 271 cm³/mol. The number of allylic oxidation sites excluding steroid dienone is 2. The van der Waals surface area contributed by atoms with E-state index < -0.39 is 59.8 Å². The number of unbranched alkanes of at least 4 members (excludes halogenated alkanes) is 35. The van der Waals surface area contributed by atoms with Crippen LogP contribution in [0.15, 0.2) is 12.2 Å². The van der Waals surface area contributed by atoms with Crippen molar-refractivity contribution in [2.24, 2.45) is 0 Å². The zero-order chi connectivity index (χ0) is 48.9. The monoisotopic (exact) mass is 977 g/mol. The zero-order valence-corrected chi connectivity index (χ0v) is 43.8. The molecule has 6 atom stereocenters. The van der Waals surface area contributed by atoms with Gasteiger partial charge in [-0.15, -0.1) is 0 Å². The molecule has 0 radical (unpaired) electrons. The van der Waals surface area contributed by atoms with Gasteiger partial charge in [0.2, 0.25) is 0 Å². The summed E-state index contributed by atoms with van der Waals surface area (Å²) >= 11 is 0. The lowest BCUT2D eigenvalue weighted by molar-refractivity contribution is -0.301. The first-order valence-electron chi connectivity index (χ1n) is 27.9. The molecule has 1 aliphatic rings. The minimum absolute atomic E-state index is 0.0429. The fraction of sp³-hybridized carbons (Fsp3) is 0.944. The molecule has 0 saturated carbocycles. The second-order valence-corrected chi connectivity index (χ2v) is 20.6. The molecule has 0 aliphatic carbocycles. The normalized spacial score (nSPS) is 19.4. The van der Waals surface area contributed by atoms with Crippen LogP contribution in [0.4, 0.5) is 0 Å². The summed E-state index contributed by atoms with van der Waals surface area (Å²) in [5.74, 6) is -0.393. The van der Waals surface area contributed by atoms with Crippen molar-refractivity contribution < 1.29 is 56.2 Å². The Hall–Kier alpha value is -1.16. The Kier molecular flexibility index (Phi) is 43.8. The average Bonchev–Trinajstić information content (AvgIpc) is 3.30. The Morgan fingerprint density at radius 2 is 0.940 bits per heavy atom. The number of hydrogen-bond donors (Lipinski definition) is 4. The molecular weight excluding hydrogens is 873 g/mol. The first-order chi connectivity index (χ1) is 32.6. The largest absolute Gasteiger partial charge is 0.457 e. The molecule has 0 bridgehead atoms. The summed E-state index contributed by atoms with van der Waals surface area (Å²) in [6.07, 6.45) is 43.9. The summed E-state index contributed by atoms with van der Waals surface area (Å²) in [5, 5.41) is 30.8. The van der Waals surface area contributed by atoms with E-state index in [0.29, 0.717) is 13.0 Å². The average molecular weight is 977 g/mol. The van der Waals surface area contributed by atoms with Crippen molar-refractivity contribution in [3.63, 3.8) is 0 Å². The molecule has 6 unspecified atom stereocenters. The molecule has 0 aromatic heterocycles. The molecule has 4 N–H and O–H groups in total. The first kappa shape index (κ1) is 63.9.